The molecule has 0 aliphatic carbocycles. The topological polar surface area (TPSA) is 51.8 Å². The van der Waals surface area contributed by atoms with E-state index in [1.807, 2.05) is 24.3 Å². The molecule has 62 valence electrons. The molecule has 0 radical (unpaired) electrons. The Morgan fingerprint density at radius 3 is 1.83 bits per heavy atom. The van der Waals surface area contributed by atoms with Crippen LogP contribution in [0, 0.1) is 0 Å². The first kappa shape index (κ1) is 7.18. The van der Waals surface area contributed by atoms with E-state index in [0.29, 0.717) is 0 Å². The van der Waals surface area contributed by atoms with Crippen LogP contribution in [0.5, 0.6) is 0 Å². The summed E-state index contributed by atoms with van der Waals surface area (Å²) in [5.74, 6) is 0. The average molecular weight is 162 g/mol. The average Bonchev–Trinajstić information content (AvgIpc) is 2.77. The second-order valence-corrected chi connectivity index (χ2v) is 2.65. The molecule has 3 N–H and O–H groups in total. The standard InChI is InChI=1S/C9H10N2O/c12-9(7-3-1-5-10-7)8-4-2-6-11-8/h1-6,9-12H. The summed E-state index contributed by atoms with van der Waals surface area (Å²) >= 11 is 0. The molecule has 0 atom stereocenters. The summed E-state index contributed by atoms with van der Waals surface area (Å²) in [5, 5.41) is 9.71. The van der Waals surface area contributed by atoms with Crippen molar-refractivity contribution in [2.24, 2.45) is 0 Å². The molecule has 3 nitrogen and oxygen atoms in total. The number of hydrogen-bond donors (Lipinski definition) is 3. The first-order valence-electron chi connectivity index (χ1n) is 3.82. The Balaban J connectivity index is 2.27. The van der Waals surface area contributed by atoms with Crippen LogP contribution < -0.4 is 0 Å². The summed E-state index contributed by atoms with van der Waals surface area (Å²) in [6, 6.07) is 7.43. The van der Waals surface area contributed by atoms with Crippen LogP contribution in [0.1, 0.15) is 17.5 Å². The first-order chi connectivity index (χ1) is 5.88. The Bertz CT molecular complexity index is 289. The lowest BCUT2D eigenvalue weighted by Gasteiger charge is -2.05. The lowest BCUT2D eigenvalue weighted by Crippen LogP contribution is -1.99. The van der Waals surface area contributed by atoms with Crippen LogP contribution in [0.3, 0.4) is 0 Å². The third-order valence-corrected chi connectivity index (χ3v) is 1.83. The highest BCUT2D eigenvalue weighted by Gasteiger charge is 2.10. The first-order valence-corrected chi connectivity index (χ1v) is 3.82. The van der Waals surface area contributed by atoms with Gasteiger partial charge in [-0.2, -0.15) is 0 Å². The quantitative estimate of drug-likeness (QED) is 0.614. The highest BCUT2D eigenvalue weighted by Crippen LogP contribution is 2.17. The van der Waals surface area contributed by atoms with Gasteiger partial charge in [-0.15, -0.1) is 0 Å². The highest BCUT2D eigenvalue weighted by molar-refractivity contribution is 5.19. The summed E-state index contributed by atoms with van der Waals surface area (Å²) < 4.78 is 0. The third kappa shape index (κ3) is 1.14. The van der Waals surface area contributed by atoms with Gasteiger partial charge in [0.1, 0.15) is 6.10 Å². The minimum atomic E-state index is -0.574. The molecule has 0 spiro atoms. The smallest absolute Gasteiger partial charge is 0.133 e. The summed E-state index contributed by atoms with van der Waals surface area (Å²) in [4.78, 5) is 5.91. The van der Waals surface area contributed by atoms with Gasteiger partial charge < -0.3 is 15.1 Å². The fourth-order valence-corrected chi connectivity index (χ4v) is 1.20. The van der Waals surface area contributed by atoms with Crippen LogP contribution in [0.25, 0.3) is 0 Å². The zero-order chi connectivity index (χ0) is 8.39. The monoisotopic (exact) mass is 162 g/mol. The normalized spacial score (nSPS) is 10.8. The van der Waals surface area contributed by atoms with Crippen molar-refractivity contribution in [3.05, 3.63) is 48.0 Å². The van der Waals surface area contributed by atoms with Gasteiger partial charge in [-0.1, -0.05) is 0 Å². The van der Waals surface area contributed by atoms with Gasteiger partial charge in [0, 0.05) is 23.8 Å². The van der Waals surface area contributed by atoms with Crippen molar-refractivity contribution in [2.45, 2.75) is 6.10 Å². The lowest BCUT2D eigenvalue weighted by molar-refractivity contribution is 0.212. The number of rotatable bonds is 2. The zero-order valence-corrected chi connectivity index (χ0v) is 6.49. The molecular formula is C9H10N2O. The van der Waals surface area contributed by atoms with Crippen molar-refractivity contribution in [2.75, 3.05) is 0 Å². The second kappa shape index (κ2) is 2.87. The van der Waals surface area contributed by atoms with Gasteiger partial charge in [0.25, 0.3) is 0 Å². The largest absolute Gasteiger partial charge is 0.381 e. The van der Waals surface area contributed by atoms with Crippen LogP contribution in [-0.2, 0) is 0 Å². The van der Waals surface area contributed by atoms with Crippen LogP contribution in [-0.4, -0.2) is 15.1 Å². The summed E-state index contributed by atoms with van der Waals surface area (Å²) in [6.07, 6.45) is 3.01. The number of hydrogen-bond acceptors (Lipinski definition) is 1. The van der Waals surface area contributed by atoms with E-state index >= 15 is 0 Å². The van der Waals surface area contributed by atoms with E-state index in [0.717, 1.165) is 11.4 Å². The van der Waals surface area contributed by atoms with Crippen molar-refractivity contribution in [3.63, 3.8) is 0 Å². The van der Waals surface area contributed by atoms with E-state index in [2.05, 4.69) is 9.97 Å². The number of aliphatic hydroxyl groups is 1. The van der Waals surface area contributed by atoms with Crippen LogP contribution >= 0.6 is 0 Å². The molecule has 12 heavy (non-hydrogen) atoms. The van der Waals surface area contributed by atoms with Crippen molar-refractivity contribution >= 4 is 0 Å². The van der Waals surface area contributed by atoms with Crippen LogP contribution in [0.4, 0.5) is 0 Å². The summed E-state index contributed by atoms with van der Waals surface area (Å²) in [6.45, 7) is 0. The molecule has 2 aromatic heterocycles. The fraction of sp³-hybridized carbons (Fsp3) is 0.111. The Morgan fingerprint density at radius 2 is 1.50 bits per heavy atom. The SMILES string of the molecule is OC(c1ccc[nH]1)c1ccc[nH]1. The molecule has 0 saturated heterocycles. The maximum absolute atomic E-state index is 9.71. The number of nitrogens with one attached hydrogen (secondary N) is 2. The van der Waals surface area contributed by atoms with E-state index in [4.69, 9.17) is 0 Å². The highest BCUT2D eigenvalue weighted by atomic mass is 16.3. The van der Waals surface area contributed by atoms with Crippen molar-refractivity contribution in [1.29, 1.82) is 0 Å². The second-order valence-electron chi connectivity index (χ2n) is 2.65. The van der Waals surface area contributed by atoms with Crippen molar-refractivity contribution in [3.8, 4) is 0 Å². The molecule has 3 heteroatoms. The van der Waals surface area contributed by atoms with Crippen molar-refractivity contribution < 1.29 is 5.11 Å². The molecule has 0 aliphatic rings. The van der Waals surface area contributed by atoms with Gasteiger partial charge in [0.2, 0.25) is 0 Å². The lowest BCUT2D eigenvalue weighted by atomic mass is 10.2. The summed E-state index contributed by atoms with van der Waals surface area (Å²) in [7, 11) is 0. The molecule has 2 heterocycles. The van der Waals surface area contributed by atoms with E-state index in [1.165, 1.54) is 0 Å². The number of aliphatic hydroxyl groups excluding tert-OH is 1. The number of aromatic nitrogens is 2. The Labute approximate surface area is 70.1 Å². The predicted octanol–water partition coefficient (Wildman–Crippen LogP) is 1.42. The Kier molecular flexibility index (Phi) is 1.72. The molecule has 0 unspecified atom stereocenters. The molecule has 0 fully saturated rings. The van der Waals surface area contributed by atoms with E-state index < -0.39 is 6.10 Å². The predicted molar refractivity (Wildman–Crippen MR) is 45.6 cm³/mol. The third-order valence-electron chi connectivity index (χ3n) is 1.83. The number of aromatic amines is 2. The van der Waals surface area contributed by atoms with Gasteiger partial charge >= 0.3 is 0 Å². The van der Waals surface area contributed by atoms with Gasteiger partial charge in [-0.05, 0) is 24.3 Å². The van der Waals surface area contributed by atoms with E-state index in [1.54, 1.807) is 12.4 Å². The maximum atomic E-state index is 9.71. The molecule has 0 bridgehead atoms. The molecule has 0 saturated carbocycles. The zero-order valence-electron chi connectivity index (χ0n) is 6.49. The molecule has 2 rings (SSSR count). The van der Waals surface area contributed by atoms with Gasteiger partial charge in [-0.25, -0.2) is 0 Å². The Morgan fingerprint density at radius 1 is 1.00 bits per heavy atom. The minimum absolute atomic E-state index is 0.574. The van der Waals surface area contributed by atoms with Crippen molar-refractivity contribution in [1.82, 2.24) is 9.97 Å². The van der Waals surface area contributed by atoms with Crippen LogP contribution in [0.2, 0.25) is 0 Å². The minimum Gasteiger partial charge on any atom is -0.381 e. The van der Waals surface area contributed by atoms with Gasteiger partial charge in [-0.3, -0.25) is 0 Å². The summed E-state index contributed by atoms with van der Waals surface area (Å²) in [5.41, 5.74) is 1.61. The van der Waals surface area contributed by atoms with Crippen LogP contribution in [0.15, 0.2) is 36.7 Å². The van der Waals surface area contributed by atoms with E-state index in [9.17, 15) is 5.11 Å². The van der Waals surface area contributed by atoms with Gasteiger partial charge in [0.15, 0.2) is 0 Å². The van der Waals surface area contributed by atoms with E-state index in [-0.39, 0.29) is 0 Å². The van der Waals surface area contributed by atoms with Gasteiger partial charge in [0.05, 0.1) is 0 Å². The molecule has 0 aromatic carbocycles. The fourth-order valence-electron chi connectivity index (χ4n) is 1.20. The molecule has 2 aromatic rings. The number of H-pyrrole nitrogens is 2. The Hall–Kier alpha value is -1.48. The molecular weight excluding hydrogens is 152 g/mol. The maximum Gasteiger partial charge on any atom is 0.133 e. The molecule has 0 aliphatic heterocycles. The molecule has 0 amide bonds.